The van der Waals surface area contributed by atoms with E-state index in [9.17, 15) is 4.79 Å². The Morgan fingerprint density at radius 1 is 0.960 bits per heavy atom. The molecule has 1 aliphatic heterocycles. The number of nitrogens with zero attached hydrogens (tertiary/aromatic N) is 2. The predicted octanol–water partition coefficient (Wildman–Crippen LogP) is 4.62. The fraction of sp³-hybridized carbons (Fsp3) is 0.350. The van der Waals surface area contributed by atoms with Gasteiger partial charge < -0.3 is 15.1 Å². The first-order valence-corrected chi connectivity index (χ1v) is 8.97. The van der Waals surface area contributed by atoms with E-state index >= 15 is 0 Å². The Morgan fingerprint density at radius 3 is 2.36 bits per heavy atom. The molecule has 0 aliphatic carbocycles. The molecule has 1 fully saturated rings. The molecule has 3 rings (SSSR count). The smallest absolute Gasteiger partial charge is 0.321 e. The average Bonchev–Trinajstić information content (AvgIpc) is 2.61. The molecule has 2 aromatic carbocycles. The molecular formula is C20H24ClN3O. The highest BCUT2D eigenvalue weighted by atomic mass is 35.5. The topological polar surface area (TPSA) is 35.6 Å². The lowest BCUT2D eigenvalue weighted by molar-refractivity contribution is 0.208. The zero-order valence-electron chi connectivity index (χ0n) is 15.0. The van der Waals surface area contributed by atoms with Crippen molar-refractivity contribution in [2.45, 2.75) is 20.8 Å². The minimum atomic E-state index is -0.0313. The largest absolute Gasteiger partial charge is 0.368 e. The quantitative estimate of drug-likeness (QED) is 0.851. The standard InChI is InChI=1S/C20H24ClN3O/c1-14-6-4-8-18(15(14)2)22-20(25)24-12-10-23(11-13-24)19-9-5-7-17(21)16(19)3/h4-9H,10-13H2,1-3H3,(H,22,25). The van der Waals surface area contributed by atoms with Crippen molar-refractivity contribution < 1.29 is 4.79 Å². The van der Waals surface area contributed by atoms with Crippen molar-refractivity contribution in [2.75, 3.05) is 36.4 Å². The first-order valence-electron chi connectivity index (χ1n) is 8.59. The number of hydrogen-bond donors (Lipinski definition) is 1. The van der Waals surface area contributed by atoms with Gasteiger partial charge in [-0.1, -0.05) is 29.8 Å². The molecule has 132 valence electrons. The molecule has 0 saturated carbocycles. The van der Waals surface area contributed by atoms with E-state index in [0.29, 0.717) is 13.1 Å². The van der Waals surface area contributed by atoms with Crippen molar-refractivity contribution in [1.82, 2.24) is 4.90 Å². The Morgan fingerprint density at radius 2 is 1.64 bits per heavy atom. The van der Waals surface area contributed by atoms with E-state index in [1.165, 1.54) is 5.56 Å². The summed E-state index contributed by atoms with van der Waals surface area (Å²) < 4.78 is 0. The molecule has 0 unspecified atom stereocenters. The fourth-order valence-electron chi connectivity index (χ4n) is 3.17. The highest BCUT2D eigenvalue weighted by molar-refractivity contribution is 6.31. The van der Waals surface area contributed by atoms with Crippen LogP contribution in [0.3, 0.4) is 0 Å². The van der Waals surface area contributed by atoms with E-state index < -0.39 is 0 Å². The Kier molecular flexibility index (Phi) is 5.19. The van der Waals surface area contributed by atoms with E-state index in [1.807, 2.05) is 43.0 Å². The minimum Gasteiger partial charge on any atom is -0.368 e. The lowest BCUT2D eigenvalue weighted by Crippen LogP contribution is -2.50. The van der Waals surface area contributed by atoms with Gasteiger partial charge in [0.05, 0.1) is 0 Å². The van der Waals surface area contributed by atoms with Gasteiger partial charge in [0.25, 0.3) is 0 Å². The first kappa shape index (κ1) is 17.6. The van der Waals surface area contributed by atoms with Crippen LogP contribution >= 0.6 is 11.6 Å². The second kappa shape index (κ2) is 7.36. The molecule has 1 aliphatic rings. The summed E-state index contributed by atoms with van der Waals surface area (Å²) in [5, 5.41) is 3.83. The van der Waals surface area contributed by atoms with Crippen LogP contribution in [0.2, 0.25) is 5.02 Å². The average molecular weight is 358 g/mol. The molecule has 1 saturated heterocycles. The van der Waals surface area contributed by atoms with Crippen LogP contribution in [0.4, 0.5) is 16.2 Å². The van der Waals surface area contributed by atoms with Crippen LogP contribution < -0.4 is 10.2 Å². The summed E-state index contributed by atoms with van der Waals surface area (Å²) in [4.78, 5) is 16.7. The summed E-state index contributed by atoms with van der Waals surface area (Å²) in [5.41, 5.74) is 5.43. The van der Waals surface area contributed by atoms with E-state index in [-0.39, 0.29) is 6.03 Å². The number of amides is 2. The van der Waals surface area contributed by atoms with Crippen LogP contribution in [0.1, 0.15) is 16.7 Å². The molecule has 0 atom stereocenters. The zero-order chi connectivity index (χ0) is 18.0. The molecule has 1 heterocycles. The lowest BCUT2D eigenvalue weighted by atomic mass is 10.1. The van der Waals surface area contributed by atoms with Gasteiger partial charge in [0.15, 0.2) is 0 Å². The number of urea groups is 1. The van der Waals surface area contributed by atoms with Gasteiger partial charge in [-0.15, -0.1) is 0 Å². The Balaban J connectivity index is 1.63. The molecule has 4 nitrogen and oxygen atoms in total. The minimum absolute atomic E-state index is 0.0313. The van der Waals surface area contributed by atoms with Gasteiger partial charge in [-0.3, -0.25) is 0 Å². The summed E-state index contributed by atoms with van der Waals surface area (Å²) in [7, 11) is 0. The van der Waals surface area contributed by atoms with Crippen molar-refractivity contribution in [1.29, 1.82) is 0 Å². The molecule has 5 heteroatoms. The predicted molar refractivity (Wildman–Crippen MR) is 105 cm³/mol. The van der Waals surface area contributed by atoms with E-state index in [0.717, 1.165) is 40.6 Å². The molecule has 2 amide bonds. The second-order valence-electron chi connectivity index (χ2n) is 6.54. The molecule has 1 N–H and O–H groups in total. The second-order valence-corrected chi connectivity index (χ2v) is 6.94. The number of nitrogens with one attached hydrogen (secondary N) is 1. The molecule has 0 radical (unpaired) electrons. The first-order chi connectivity index (χ1) is 12.0. The maximum absolute atomic E-state index is 12.6. The Labute approximate surface area is 154 Å². The Hall–Kier alpha value is -2.20. The third-order valence-electron chi connectivity index (χ3n) is 4.99. The SMILES string of the molecule is Cc1cccc(NC(=O)N2CCN(c3cccc(Cl)c3C)CC2)c1C. The third kappa shape index (κ3) is 3.74. The molecule has 25 heavy (non-hydrogen) atoms. The molecule has 0 aromatic heterocycles. The maximum Gasteiger partial charge on any atom is 0.321 e. The van der Waals surface area contributed by atoms with Crippen molar-refractivity contribution in [3.63, 3.8) is 0 Å². The number of benzene rings is 2. The summed E-state index contributed by atoms with van der Waals surface area (Å²) >= 11 is 6.23. The summed E-state index contributed by atoms with van der Waals surface area (Å²) in [6.45, 7) is 9.13. The van der Waals surface area contributed by atoms with Gasteiger partial charge in [0.2, 0.25) is 0 Å². The van der Waals surface area contributed by atoms with Crippen LogP contribution in [0.5, 0.6) is 0 Å². The molecule has 2 aromatic rings. The van der Waals surface area contributed by atoms with Crippen molar-refractivity contribution in [3.05, 3.63) is 58.1 Å². The van der Waals surface area contributed by atoms with Crippen LogP contribution in [-0.2, 0) is 0 Å². The van der Waals surface area contributed by atoms with E-state index in [4.69, 9.17) is 11.6 Å². The number of rotatable bonds is 2. The van der Waals surface area contributed by atoms with Crippen LogP contribution in [-0.4, -0.2) is 37.1 Å². The summed E-state index contributed by atoms with van der Waals surface area (Å²) in [5.74, 6) is 0. The highest BCUT2D eigenvalue weighted by Crippen LogP contribution is 2.27. The fourth-order valence-corrected chi connectivity index (χ4v) is 3.34. The van der Waals surface area contributed by atoms with Gasteiger partial charge in [-0.2, -0.15) is 0 Å². The summed E-state index contributed by atoms with van der Waals surface area (Å²) in [6.07, 6.45) is 0. The van der Waals surface area contributed by atoms with Crippen molar-refractivity contribution in [2.24, 2.45) is 0 Å². The van der Waals surface area contributed by atoms with E-state index in [2.05, 4.69) is 29.3 Å². The van der Waals surface area contributed by atoms with Crippen LogP contribution in [0, 0.1) is 20.8 Å². The number of aryl methyl sites for hydroxylation is 1. The van der Waals surface area contributed by atoms with Gasteiger partial charge in [0.1, 0.15) is 0 Å². The van der Waals surface area contributed by atoms with Gasteiger partial charge in [-0.05, 0) is 55.7 Å². The number of piperazine rings is 1. The zero-order valence-corrected chi connectivity index (χ0v) is 15.7. The Bertz CT molecular complexity index is 783. The number of carbonyl (C=O) groups excluding carboxylic acids is 1. The monoisotopic (exact) mass is 357 g/mol. The van der Waals surface area contributed by atoms with Crippen molar-refractivity contribution in [3.8, 4) is 0 Å². The molecular weight excluding hydrogens is 334 g/mol. The molecule has 0 bridgehead atoms. The van der Waals surface area contributed by atoms with Gasteiger partial charge >= 0.3 is 6.03 Å². The third-order valence-corrected chi connectivity index (χ3v) is 5.40. The number of hydrogen-bond acceptors (Lipinski definition) is 2. The van der Waals surface area contributed by atoms with E-state index in [1.54, 1.807) is 0 Å². The van der Waals surface area contributed by atoms with Gasteiger partial charge in [0, 0.05) is 42.6 Å². The lowest BCUT2D eigenvalue weighted by Gasteiger charge is -2.37. The maximum atomic E-state index is 12.6. The van der Waals surface area contributed by atoms with Crippen LogP contribution in [0.15, 0.2) is 36.4 Å². The van der Waals surface area contributed by atoms with Crippen molar-refractivity contribution >= 4 is 29.0 Å². The number of carbonyl (C=O) groups is 1. The molecule has 0 spiro atoms. The highest BCUT2D eigenvalue weighted by Gasteiger charge is 2.22. The van der Waals surface area contributed by atoms with Crippen LogP contribution in [0.25, 0.3) is 0 Å². The van der Waals surface area contributed by atoms with Gasteiger partial charge in [-0.25, -0.2) is 4.79 Å². The number of halogens is 1. The normalized spacial score (nSPS) is 14.6. The summed E-state index contributed by atoms with van der Waals surface area (Å²) in [6, 6.07) is 11.9. The number of anilines is 2.